The standard InChI is InChI=1S/C17H16F3N3O3.C10H12N2O3.C7H6F3NO/c18-17(19,20)26-14-3-1-2-13(10-14)22-16(24)12-4-5-15(21-11-12)23-6-8-25-9-7-23;13-10(14)8-1-2-9(11-7-8)12-3-5-15-6-4-12;8-7(9,10)12-6-3-1-2-5(11)4-6/h1-5,10-11H,6-9H2,(H,22,24);1-2,7H,3-6H2,(H,13,14);1-4H,11H2. The molecule has 0 bridgehead atoms. The molecule has 6 rings (SSSR count). The molecule has 0 radical (unpaired) electrons. The van der Waals surface area contributed by atoms with E-state index in [-0.39, 0.29) is 22.7 Å². The average molecular weight is 753 g/mol. The highest BCUT2D eigenvalue weighted by molar-refractivity contribution is 6.04. The second-order valence-electron chi connectivity index (χ2n) is 11.0. The van der Waals surface area contributed by atoms with Crippen LogP contribution in [0.2, 0.25) is 0 Å². The Morgan fingerprint density at radius 2 is 1.17 bits per heavy atom. The van der Waals surface area contributed by atoms with Crippen molar-refractivity contribution in [1.29, 1.82) is 0 Å². The predicted octanol–water partition coefficient (Wildman–Crippen LogP) is 5.85. The van der Waals surface area contributed by atoms with Gasteiger partial charge in [0.25, 0.3) is 5.91 Å². The topological polar surface area (TPSA) is 162 Å². The van der Waals surface area contributed by atoms with Crippen LogP contribution in [0.15, 0.2) is 85.2 Å². The third kappa shape index (κ3) is 14.0. The van der Waals surface area contributed by atoms with Crippen molar-refractivity contribution in [1.82, 2.24) is 9.97 Å². The van der Waals surface area contributed by atoms with Gasteiger partial charge in [0, 0.05) is 62.1 Å². The quantitative estimate of drug-likeness (QED) is 0.153. The largest absolute Gasteiger partial charge is 0.573 e. The van der Waals surface area contributed by atoms with E-state index in [1.54, 1.807) is 24.3 Å². The fourth-order valence-electron chi connectivity index (χ4n) is 4.68. The number of rotatable bonds is 7. The van der Waals surface area contributed by atoms with E-state index in [1.165, 1.54) is 42.7 Å². The Morgan fingerprint density at radius 3 is 1.60 bits per heavy atom. The van der Waals surface area contributed by atoms with Crippen molar-refractivity contribution >= 4 is 34.9 Å². The Bertz CT molecular complexity index is 1770. The molecule has 2 aromatic carbocycles. The summed E-state index contributed by atoms with van der Waals surface area (Å²) in [6, 6.07) is 16.9. The number of anilines is 4. The van der Waals surface area contributed by atoms with E-state index in [4.69, 9.17) is 20.3 Å². The summed E-state index contributed by atoms with van der Waals surface area (Å²) in [7, 11) is 0. The molecule has 0 aliphatic carbocycles. The van der Waals surface area contributed by atoms with Crippen molar-refractivity contribution < 1.29 is 60.0 Å². The summed E-state index contributed by atoms with van der Waals surface area (Å²) < 4.78 is 89.5. The van der Waals surface area contributed by atoms with Crippen LogP contribution in [0.1, 0.15) is 20.7 Å². The highest BCUT2D eigenvalue weighted by Crippen LogP contribution is 2.26. The Morgan fingerprint density at radius 1 is 0.698 bits per heavy atom. The summed E-state index contributed by atoms with van der Waals surface area (Å²) in [6.45, 7) is 5.71. The van der Waals surface area contributed by atoms with Gasteiger partial charge >= 0.3 is 18.7 Å². The number of hydrogen-bond acceptors (Lipinski definition) is 11. The van der Waals surface area contributed by atoms with Crippen LogP contribution < -0.4 is 30.3 Å². The van der Waals surface area contributed by atoms with Crippen molar-refractivity contribution in [3.8, 4) is 11.5 Å². The van der Waals surface area contributed by atoms with E-state index in [9.17, 15) is 35.9 Å². The number of carbonyl (C=O) groups excluding carboxylic acids is 1. The van der Waals surface area contributed by atoms with E-state index < -0.39 is 30.4 Å². The second kappa shape index (κ2) is 18.6. The number of carboxylic acids is 1. The van der Waals surface area contributed by atoms with Gasteiger partial charge in [-0.15, -0.1) is 26.3 Å². The Hall–Kier alpha value is -5.82. The predicted molar refractivity (Wildman–Crippen MR) is 180 cm³/mol. The molecule has 0 atom stereocenters. The molecule has 53 heavy (non-hydrogen) atoms. The molecule has 4 aromatic rings. The van der Waals surface area contributed by atoms with E-state index in [1.807, 2.05) is 4.90 Å². The van der Waals surface area contributed by atoms with E-state index in [0.717, 1.165) is 56.0 Å². The maximum atomic E-state index is 12.3. The van der Waals surface area contributed by atoms with Gasteiger partial charge in [-0.05, 0) is 48.5 Å². The van der Waals surface area contributed by atoms with Gasteiger partial charge in [-0.25, -0.2) is 14.8 Å². The Kier molecular flexibility index (Phi) is 14.0. The number of nitrogens with two attached hydrogens (primary N) is 1. The maximum absolute atomic E-state index is 12.3. The van der Waals surface area contributed by atoms with Gasteiger partial charge in [0.05, 0.1) is 37.6 Å². The number of pyridine rings is 2. The van der Waals surface area contributed by atoms with Crippen molar-refractivity contribution in [2.24, 2.45) is 0 Å². The monoisotopic (exact) mass is 752 g/mol. The van der Waals surface area contributed by atoms with Crippen LogP contribution in [-0.2, 0) is 9.47 Å². The van der Waals surface area contributed by atoms with E-state index in [0.29, 0.717) is 32.0 Å². The molecule has 2 saturated heterocycles. The van der Waals surface area contributed by atoms with Crippen molar-refractivity contribution in [2.75, 3.05) is 73.5 Å². The van der Waals surface area contributed by atoms with Crippen LogP contribution >= 0.6 is 0 Å². The van der Waals surface area contributed by atoms with E-state index in [2.05, 4.69) is 29.7 Å². The number of nitrogens with one attached hydrogen (secondary N) is 1. The SMILES string of the molecule is Nc1cccc(OC(F)(F)F)c1.O=C(Nc1cccc(OC(F)(F)F)c1)c1ccc(N2CCOCC2)nc1.O=C(O)c1ccc(N2CCOCC2)nc1. The first-order valence-electron chi connectivity index (χ1n) is 15.7. The van der Waals surface area contributed by atoms with Crippen LogP contribution in [0.4, 0.5) is 49.4 Å². The van der Waals surface area contributed by atoms with Crippen LogP contribution in [-0.4, -0.2) is 92.3 Å². The van der Waals surface area contributed by atoms with Crippen LogP contribution in [0.5, 0.6) is 11.5 Å². The minimum atomic E-state index is -4.79. The van der Waals surface area contributed by atoms with E-state index >= 15 is 0 Å². The fraction of sp³-hybridized carbons (Fsp3) is 0.294. The van der Waals surface area contributed by atoms with Crippen molar-refractivity contribution in [2.45, 2.75) is 12.7 Å². The van der Waals surface area contributed by atoms with Crippen LogP contribution in [0.3, 0.4) is 0 Å². The first-order chi connectivity index (χ1) is 25.1. The highest BCUT2D eigenvalue weighted by atomic mass is 19.4. The summed E-state index contributed by atoms with van der Waals surface area (Å²) in [5, 5.41) is 11.2. The van der Waals surface area contributed by atoms with Gasteiger partial charge in [0.2, 0.25) is 0 Å². The number of nitrogen functional groups attached to an aromatic ring is 1. The molecule has 13 nitrogen and oxygen atoms in total. The molecule has 4 heterocycles. The van der Waals surface area contributed by atoms with Gasteiger partial charge in [0.15, 0.2) is 0 Å². The lowest BCUT2D eigenvalue weighted by atomic mass is 10.2. The van der Waals surface area contributed by atoms with Gasteiger partial charge < -0.3 is 44.9 Å². The zero-order valence-corrected chi connectivity index (χ0v) is 27.8. The van der Waals surface area contributed by atoms with Crippen LogP contribution in [0.25, 0.3) is 0 Å². The lowest BCUT2D eigenvalue weighted by Crippen LogP contribution is -2.36. The normalized spacial score (nSPS) is 14.5. The van der Waals surface area contributed by atoms with Gasteiger partial charge in [-0.2, -0.15) is 0 Å². The average Bonchev–Trinajstić information content (AvgIpc) is 3.12. The molecular formula is C34H34F6N6O7. The van der Waals surface area contributed by atoms with Gasteiger partial charge in [0.1, 0.15) is 23.1 Å². The maximum Gasteiger partial charge on any atom is 0.573 e. The number of alkyl halides is 6. The molecule has 0 unspecified atom stereocenters. The number of carbonyl (C=O) groups is 2. The molecule has 2 aliphatic heterocycles. The first kappa shape index (κ1) is 40.0. The molecule has 2 aliphatic rings. The number of nitrogens with zero attached hydrogens (tertiary/aromatic N) is 4. The number of ether oxygens (including phenoxy) is 4. The third-order valence-corrected chi connectivity index (χ3v) is 7.09. The lowest BCUT2D eigenvalue weighted by molar-refractivity contribution is -0.275. The molecular weight excluding hydrogens is 718 g/mol. The summed E-state index contributed by atoms with van der Waals surface area (Å²) in [5.41, 5.74) is 6.16. The molecule has 2 fully saturated rings. The summed E-state index contributed by atoms with van der Waals surface area (Å²) >= 11 is 0. The summed E-state index contributed by atoms with van der Waals surface area (Å²) in [5.74, 6) is -0.585. The lowest BCUT2D eigenvalue weighted by Gasteiger charge is -2.27. The zero-order valence-electron chi connectivity index (χ0n) is 27.8. The molecule has 19 heteroatoms. The number of aromatic nitrogens is 2. The zero-order chi connectivity index (χ0) is 38.4. The molecule has 0 saturated carbocycles. The number of carboxylic acid groups (broad SMARTS) is 1. The fourth-order valence-corrected chi connectivity index (χ4v) is 4.68. The number of aromatic carboxylic acids is 1. The minimum absolute atomic E-state index is 0.189. The number of halogens is 6. The molecule has 284 valence electrons. The van der Waals surface area contributed by atoms with Gasteiger partial charge in [-0.1, -0.05) is 12.1 Å². The van der Waals surface area contributed by atoms with Crippen molar-refractivity contribution in [3.05, 3.63) is 96.3 Å². The summed E-state index contributed by atoms with van der Waals surface area (Å²) in [4.78, 5) is 35.4. The van der Waals surface area contributed by atoms with Crippen LogP contribution in [0, 0.1) is 0 Å². The number of benzene rings is 2. The molecule has 4 N–H and O–H groups in total. The molecule has 2 aromatic heterocycles. The number of hydrogen-bond donors (Lipinski definition) is 3. The smallest absolute Gasteiger partial charge is 0.478 e. The number of amides is 1. The molecule has 1 amide bonds. The first-order valence-corrected chi connectivity index (χ1v) is 15.7. The van der Waals surface area contributed by atoms with Gasteiger partial charge in [-0.3, -0.25) is 4.79 Å². The summed E-state index contributed by atoms with van der Waals surface area (Å²) in [6.07, 6.45) is -6.64. The second-order valence-corrected chi connectivity index (χ2v) is 11.0. The molecule has 0 spiro atoms. The van der Waals surface area contributed by atoms with Crippen molar-refractivity contribution in [3.63, 3.8) is 0 Å². The third-order valence-electron chi connectivity index (χ3n) is 7.09. The Balaban J connectivity index is 0.000000196. The highest BCUT2D eigenvalue weighted by Gasteiger charge is 2.31. The minimum Gasteiger partial charge on any atom is -0.478 e. The number of morpholine rings is 2. The Labute approximate surface area is 298 Å².